The van der Waals surface area contributed by atoms with Gasteiger partial charge in [0, 0.05) is 28.7 Å². The van der Waals surface area contributed by atoms with Crippen LogP contribution in [0.2, 0.25) is 0 Å². The van der Waals surface area contributed by atoms with Crippen LogP contribution in [0.4, 0.5) is 0 Å². The first-order valence-corrected chi connectivity index (χ1v) is 8.65. The van der Waals surface area contributed by atoms with Crippen molar-refractivity contribution in [2.45, 2.75) is 13.0 Å². The normalized spacial score (nSPS) is 17.6. The Labute approximate surface area is 149 Å². The van der Waals surface area contributed by atoms with Crippen molar-refractivity contribution in [3.05, 3.63) is 69.7 Å². The molecule has 0 spiro atoms. The summed E-state index contributed by atoms with van der Waals surface area (Å²) < 4.78 is 6.40. The molecule has 2 aromatic rings. The van der Waals surface area contributed by atoms with Crippen LogP contribution >= 0.6 is 15.9 Å². The molecule has 0 bridgehead atoms. The molecule has 124 valence electrons. The molecule has 5 heteroatoms. The Balaban J connectivity index is 1.91. The van der Waals surface area contributed by atoms with Crippen LogP contribution < -0.4 is 0 Å². The SMILES string of the molecule is CC1CN(C(=O)c2ccccc2C(=O)c2ccc(Br)cc2)CCO1. The number of carbonyl (C=O) groups is 2. The van der Waals surface area contributed by atoms with E-state index in [1.807, 2.05) is 19.1 Å². The van der Waals surface area contributed by atoms with E-state index in [-0.39, 0.29) is 17.8 Å². The highest BCUT2D eigenvalue weighted by atomic mass is 79.9. The average molecular weight is 388 g/mol. The van der Waals surface area contributed by atoms with Crippen LogP contribution in [0.5, 0.6) is 0 Å². The van der Waals surface area contributed by atoms with Gasteiger partial charge in [0.1, 0.15) is 0 Å². The third kappa shape index (κ3) is 3.57. The van der Waals surface area contributed by atoms with Gasteiger partial charge in [-0.3, -0.25) is 9.59 Å². The number of nitrogens with zero attached hydrogens (tertiary/aromatic N) is 1. The number of rotatable bonds is 3. The van der Waals surface area contributed by atoms with Crippen LogP contribution in [0.3, 0.4) is 0 Å². The van der Waals surface area contributed by atoms with Crippen molar-refractivity contribution in [3.63, 3.8) is 0 Å². The molecule has 1 unspecified atom stereocenters. The highest BCUT2D eigenvalue weighted by Gasteiger charge is 2.26. The second-order valence-electron chi connectivity index (χ2n) is 5.81. The fraction of sp³-hybridized carbons (Fsp3) is 0.263. The molecule has 1 aliphatic heterocycles. The minimum Gasteiger partial charge on any atom is -0.375 e. The van der Waals surface area contributed by atoms with E-state index in [0.717, 1.165) is 4.47 Å². The van der Waals surface area contributed by atoms with Crippen LogP contribution in [-0.2, 0) is 4.74 Å². The average Bonchev–Trinajstić information content (AvgIpc) is 2.61. The second-order valence-corrected chi connectivity index (χ2v) is 6.73. The predicted octanol–water partition coefficient (Wildman–Crippen LogP) is 3.54. The van der Waals surface area contributed by atoms with Crippen molar-refractivity contribution < 1.29 is 14.3 Å². The number of ether oxygens (including phenoxy) is 1. The van der Waals surface area contributed by atoms with Gasteiger partial charge in [-0.25, -0.2) is 0 Å². The number of ketones is 1. The molecule has 24 heavy (non-hydrogen) atoms. The maximum atomic E-state index is 12.9. The molecular weight excluding hydrogens is 370 g/mol. The summed E-state index contributed by atoms with van der Waals surface area (Å²) in [7, 11) is 0. The lowest BCUT2D eigenvalue weighted by Gasteiger charge is -2.31. The maximum absolute atomic E-state index is 12.9. The molecule has 1 aliphatic rings. The standard InChI is InChI=1S/C19H18BrNO3/c1-13-12-21(10-11-24-13)19(23)17-5-3-2-4-16(17)18(22)14-6-8-15(20)9-7-14/h2-9,13H,10-12H2,1H3. The zero-order valence-corrected chi connectivity index (χ0v) is 15.0. The molecule has 0 radical (unpaired) electrons. The van der Waals surface area contributed by atoms with Gasteiger partial charge in [0.2, 0.25) is 0 Å². The maximum Gasteiger partial charge on any atom is 0.254 e. The van der Waals surface area contributed by atoms with Crippen molar-refractivity contribution in [2.24, 2.45) is 0 Å². The van der Waals surface area contributed by atoms with Gasteiger partial charge in [-0.2, -0.15) is 0 Å². The van der Waals surface area contributed by atoms with Crippen LogP contribution in [0.15, 0.2) is 53.0 Å². The third-order valence-electron chi connectivity index (χ3n) is 4.04. The topological polar surface area (TPSA) is 46.6 Å². The summed E-state index contributed by atoms with van der Waals surface area (Å²) in [4.78, 5) is 27.4. The second kappa shape index (κ2) is 7.28. The molecule has 1 saturated heterocycles. The summed E-state index contributed by atoms with van der Waals surface area (Å²) in [6, 6.07) is 14.1. The van der Waals surface area contributed by atoms with E-state index in [1.165, 1.54) is 0 Å². The Hall–Kier alpha value is -1.98. The van der Waals surface area contributed by atoms with Gasteiger partial charge >= 0.3 is 0 Å². The van der Waals surface area contributed by atoms with Crippen LogP contribution in [0.1, 0.15) is 33.2 Å². The largest absolute Gasteiger partial charge is 0.375 e. The first-order valence-electron chi connectivity index (χ1n) is 7.86. The smallest absolute Gasteiger partial charge is 0.254 e. The molecule has 1 amide bonds. The van der Waals surface area contributed by atoms with Crippen LogP contribution in [0.25, 0.3) is 0 Å². The number of morpholine rings is 1. The van der Waals surface area contributed by atoms with E-state index >= 15 is 0 Å². The first-order chi connectivity index (χ1) is 11.6. The summed E-state index contributed by atoms with van der Waals surface area (Å²) in [5.74, 6) is -0.265. The number of hydrogen-bond acceptors (Lipinski definition) is 3. The van der Waals surface area contributed by atoms with Gasteiger partial charge < -0.3 is 9.64 Å². The zero-order chi connectivity index (χ0) is 17.1. The molecule has 1 heterocycles. The number of amides is 1. The Morgan fingerprint density at radius 1 is 1.08 bits per heavy atom. The van der Waals surface area contributed by atoms with E-state index in [0.29, 0.717) is 36.4 Å². The fourth-order valence-corrected chi connectivity index (χ4v) is 3.06. The third-order valence-corrected chi connectivity index (χ3v) is 4.57. The Bertz CT molecular complexity index is 757. The highest BCUT2D eigenvalue weighted by Crippen LogP contribution is 2.19. The van der Waals surface area contributed by atoms with Crippen LogP contribution in [-0.4, -0.2) is 42.4 Å². The van der Waals surface area contributed by atoms with Gasteiger partial charge in [-0.15, -0.1) is 0 Å². The van der Waals surface area contributed by atoms with E-state index in [1.54, 1.807) is 41.3 Å². The Kier molecular flexibility index (Phi) is 5.11. The van der Waals surface area contributed by atoms with Crippen molar-refractivity contribution in [1.82, 2.24) is 4.90 Å². The molecule has 1 atom stereocenters. The van der Waals surface area contributed by atoms with Gasteiger partial charge in [0.25, 0.3) is 5.91 Å². The van der Waals surface area contributed by atoms with Gasteiger partial charge in [-0.05, 0) is 37.3 Å². The Morgan fingerprint density at radius 3 is 2.42 bits per heavy atom. The number of hydrogen-bond donors (Lipinski definition) is 0. The molecule has 0 N–H and O–H groups in total. The van der Waals surface area contributed by atoms with E-state index in [2.05, 4.69) is 15.9 Å². The molecule has 0 aromatic heterocycles. The molecule has 0 aliphatic carbocycles. The molecule has 3 rings (SSSR count). The molecule has 2 aromatic carbocycles. The van der Waals surface area contributed by atoms with E-state index in [9.17, 15) is 9.59 Å². The molecule has 1 fully saturated rings. The summed E-state index contributed by atoms with van der Waals surface area (Å²) in [6.07, 6.45) is 0.0111. The van der Waals surface area contributed by atoms with Crippen molar-refractivity contribution in [1.29, 1.82) is 0 Å². The van der Waals surface area contributed by atoms with E-state index < -0.39 is 0 Å². The van der Waals surface area contributed by atoms with E-state index in [4.69, 9.17) is 4.74 Å². The lowest BCUT2D eigenvalue weighted by atomic mass is 9.97. The Morgan fingerprint density at radius 2 is 1.75 bits per heavy atom. The van der Waals surface area contributed by atoms with Gasteiger partial charge in [0.15, 0.2) is 5.78 Å². The van der Waals surface area contributed by atoms with Gasteiger partial charge in [0.05, 0.1) is 18.3 Å². The number of carbonyl (C=O) groups excluding carboxylic acids is 2. The van der Waals surface area contributed by atoms with Crippen molar-refractivity contribution in [3.8, 4) is 0 Å². The lowest BCUT2D eigenvalue weighted by molar-refractivity contribution is -0.0124. The first kappa shape index (κ1) is 16.9. The molecule has 4 nitrogen and oxygen atoms in total. The highest BCUT2D eigenvalue weighted by molar-refractivity contribution is 9.10. The van der Waals surface area contributed by atoms with Crippen molar-refractivity contribution in [2.75, 3.05) is 19.7 Å². The predicted molar refractivity (Wildman–Crippen MR) is 95.3 cm³/mol. The summed E-state index contributed by atoms with van der Waals surface area (Å²) in [5.41, 5.74) is 1.44. The molecule has 0 saturated carbocycles. The summed E-state index contributed by atoms with van der Waals surface area (Å²) in [5, 5.41) is 0. The van der Waals surface area contributed by atoms with Crippen LogP contribution in [0, 0.1) is 0 Å². The van der Waals surface area contributed by atoms with Gasteiger partial charge in [-0.1, -0.05) is 34.1 Å². The summed E-state index contributed by atoms with van der Waals surface area (Å²) >= 11 is 3.36. The monoisotopic (exact) mass is 387 g/mol. The quantitative estimate of drug-likeness (QED) is 0.756. The summed E-state index contributed by atoms with van der Waals surface area (Å²) in [6.45, 7) is 3.55. The number of benzene rings is 2. The number of halogens is 1. The minimum absolute atomic E-state index is 0.0111. The van der Waals surface area contributed by atoms with Crippen molar-refractivity contribution >= 4 is 27.6 Å². The minimum atomic E-state index is -0.146. The molecular formula is C19H18BrNO3. The zero-order valence-electron chi connectivity index (χ0n) is 13.4. The lowest BCUT2D eigenvalue weighted by Crippen LogP contribution is -2.44. The fourth-order valence-electron chi connectivity index (χ4n) is 2.80.